The van der Waals surface area contributed by atoms with Crippen molar-refractivity contribution in [3.8, 4) is 0 Å². The van der Waals surface area contributed by atoms with Crippen LogP contribution in [0, 0.1) is 0 Å². The van der Waals surface area contributed by atoms with Crippen LogP contribution in [0.5, 0.6) is 0 Å². The summed E-state index contributed by atoms with van der Waals surface area (Å²) in [6.07, 6.45) is 0. The molecule has 0 aromatic rings. The molecule has 0 rings (SSSR count). The highest BCUT2D eigenvalue weighted by atomic mass is 16.4. The molecule has 0 aromatic carbocycles. The Hall–Kier alpha value is -2.60. The van der Waals surface area contributed by atoms with Crippen LogP contribution < -0.4 is 68.8 Å². The van der Waals surface area contributed by atoms with Crippen molar-refractivity contribution in [1.82, 2.24) is 0 Å². The zero-order chi connectivity index (χ0) is 34.8. The smallest absolute Gasteiger partial charge is 0.300 e. The summed E-state index contributed by atoms with van der Waals surface area (Å²) in [5, 5.41) is 29.7. The molecule has 40 heavy (non-hydrogen) atoms. The topological polar surface area (TPSA) is 461 Å². The molecule has 0 saturated heterocycles. The standard InChI is InChI=1S/6C2H8N2.4C2H4O2/c6*3-1-2-4;4*1-2(3)4/h6*1-4H2;4*1H3,(H,3,4). The van der Waals surface area contributed by atoms with Crippen LogP contribution in [0.2, 0.25) is 0 Å². The summed E-state index contributed by atoms with van der Waals surface area (Å²) < 4.78 is 0. The van der Waals surface area contributed by atoms with Gasteiger partial charge in [-0.05, 0) is 0 Å². The SMILES string of the molecule is CC(=O)O.CC(=O)O.CC(=O)O.CC(=O)O.NCCN.NCCN.NCCN.NCCN.NCCN.NCCN. The summed E-state index contributed by atoms with van der Waals surface area (Å²) in [4.78, 5) is 36.0. The van der Waals surface area contributed by atoms with Crippen molar-refractivity contribution in [3.63, 3.8) is 0 Å². The molecule has 20 nitrogen and oxygen atoms in total. The summed E-state index contributed by atoms with van der Waals surface area (Å²) >= 11 is 0. The van der Waals surface area contributed by atoms with E-state index >= 15 is 0 Å². The van der Waals surface area contributed by atoms with Gasteiger partial charge in [-0.15, -0.1) is 0 Å². The van der Waals surface area contributed by atoms with Crippen LogP contribution in [-0.4, -0.2) is 123 Å². The number of rotatable bonds is 6. The first-order chi connectivity index (χ1) is 18.4. The summed E-state index contributed by atoms with van der Waals surface area (Å²) in [7, 11) is 0. The number of carbonyl (C=O) groups is 4. The van der Waals surface area contributed by atoms with Crippen molar-refractivity contribution in [1.29, 1.82) is 0 Å². The highest BCUT2D eigenvalue weighted by molar-refractivity contribution is 5.63. The zero-order valence-electron chi connectivity index (χ0n) is 24.8. The third kappa shape index (κ3) is 3620. The number of hydrogen-bond donors (Lipinski definition) is 16. The van der Waals surface area contributed by atoms with E-state index in [1.807, 2.05) is 0 Å². The molecule has 0 radical (unpaired) electrons. The lowest BCUT2D eigenvalue weighted by Crippen LogP contribution is -2.11. The van der Waals surface area contributed by atoms with Crippen LogP contribution >= 0.6 is 0 Å². The molecule has 20 heteroatoms. The van der Waals surface area contributed by atoms with Gasteiger partial charge in [0.05, 0.1) is 0 Å². The molecule has 0 atom stereocenters. The van der Waals surface area contributed by atoms with Crippen molar-refractivity contribution in [2.45, 2.75) is 27.7 Å². The number of carboxylic acid groups (broad SMARTS) is 4. The van der Waals surface area contributed by atoms with E-state index in [1.165, 1.54) is 0 Å². The second kappa shape index (κ2) is 99.6. The Kier molecular flexibility index (Phi) is 164. The highest BCUT2D eigenvalue weighted by Crippen LogP contribution is 1.43. The Morgan fingerprint density at radius 3 is 0.325 bits per heavy atom. The molecule has 0 aliphatic carbocycles. The lowest BCUT2D eigenvalue weighted by atomic mass is 10.7. The molecule has 0 aromatic heterocycles. The zero-order valence-corrected chi connectivity index (χ0v) is 24.8. The van der Waals surface area contributed by atoms with E-state index in [4.69, 9.17) is 108 Å². The van der Waals surface area contributed by atoms with E-state index in [2.05, 4.69) is 0 Å². The second-order valence-electron chi connectivity index (χ2n) is 5.54. The predicted octanol–water partition coefficient (Wildman–Crippen LogP) is -6.21. The van der Waals surface area contributed by atoms with Gasteiger partial charge in [-0.1, -0.05) is 0 Å². The Labute approximate surface area is 239 Å². The molecule has 0 heterocycles. The quantitative estimate of drug-likeness (QED) is 0.135. The Bertz CT molecular complexity index is 309. The average Bonchev–Trinajstić information content (AvgIpc) is 2.87. The molecular formula is C20H64N12O8. The molecule has 0 saturated carbocycles. The second-order valence-corrected chi connectivity index (χ2v) is 5.54. The first-order valence-corrected chi connectivity index (χ1v) is 11.6. The van der Waals surface area contributed by atoms with Crippen molar-refractivity contribution >= 4 is 23.9 Å². The minimum atomic E-state index is -0.833. The van der Waals surface area contributed by atoms with E-state index < -0.39 is 23.9 Å². The summed E-state index contributed by atoms with van der Waals surface area (Å²) in [5.41, 5.74) is 58.8. The lowest BCUT2D eigenvalue weighted by Gasteiger charge is -1.72. The number of hydrogen-bond acceptors (Lipinski definition) is 16. The third-order valence-corrected chi connectivity index (χ3v) is 1.00. The predicted molar refractivity (Wildman–Crippen MR) is 162 cm³/mol. The molecule has 252 valence electrons. The van der Waals surface area contributed by atoms with Crippen LogP contribution in [0.3, 0.4) is 0 Å². The van der Waals surface area contributed by atoms with Gasteiger partial charge in [0.25, 0.3) is 23.9 Å². The normalized spacial score (nSPS) is 7.00. The van der Waals surface area contributed by atoms with Gasteiger partial charge in [-0.25, -0.2) is 0 Å². The van der Waals surface area contributed by atoms with E-state index in [-0.39, 0.29) is 0 Å². The van der Waals surface area contributed by atoms with Gasteiger partial charge in [0.15, 0.2) is 0 Å². The Balaban J connectivity index is -0.0000000312. The van der Waals surface area contributed by atoms with Crippen LogP contribution in [0.25, 0.3) is 0 Å². The van der Waals surface area contributed by atoms with Crippen molar-refractivity contribution in [2.75, 3.05) is 78.5 Å². The molecule has 0 aliphatic heterocycles. The van der Waals surface area contributed by atoms with Crippen LogP contribution in [0.15, 0.2) is 0 Å². The average molecular weight is 601 g/mol. The molecular weight excluding hydrogens is 536 g/mol. The first-order valence-electron chi connectivity index (χ1n) is 11.6. The van der Waals surface area contributed by atoms with E-state index in [0.29, 0.717) is 78.5 Å². The molecule has 0 fully saturated rings. The molecule has 28 N–H and O–H groups in total. The maximum Gasteiger partial charge on any atom is 0.300 e. The van der Waals surface area contributed by atoms with Gasteiger partial charge >= 0.3 is 0 Å². The lowest BCUT2D eigenvalue weighted by molar-refractivity contribution is -0.135. The molecule has 0 amide bonds. The van der Waals surface area contributed by atoms with Crippen LogP contribution in [-0.2, 0) is 19.2 Å². The highest BCUT2D eigenvalue weighted by Gasteiger charge is 1.66. The van der Waals surface area contributed by atoms with Gasteiger partial charge in [0, 0.05) is 106 Å². The molecule has 0 spiro atoms. The van der Waals surface area contributed by atoms with Gasteiger partial charge in [-0.3, -0.25) is 19.2 Å². The van der Waals surface area contributed by atoms with Crippen LogP contribution in [0.4, 0.5) is 0 Å². The van der Waals surface area contributed by atoms with Gasteiger partial charge in [0.2, 0.25) is 0 Å². The van der Waals surface area contributed by atoms with Crippen LogP contribution in [0.1, 0.15) is 27.7 Å². The fourth-order valence-corrected chi connectivity index (χ4v) is 0. The monoisotopic (exact) mass is 600 g/mol. The minimum absolute atomic E-state index is 0.597. The largest absolute Gasteiger partial charge is 0.481 e. The summed E-state index contributed by atoms with van der Waals surface area (Å²) in [6, 6.07) is 0. The maximum absolute atomic E-state index is 9.00. The summed E-state index contributed by atoms with van der Waals surface area (Å²) in [6.45, 7) is 11.5. The Morgan fingerprint density at radius 2 is 0.325 bits per heavy atom. The Morgan fingerprint density at radius 1 is 0.300 bits per heavy atom. The summed E-state index contributed by atoms with van der Waals surface area (Å²) in [5.74, 6) is -3.33. The van der Waals surface area contributed by atoms with E-state index in [0.717, 1.165) is 27.7 Å². The van der Waals surface area contributed by atoms with Crippen molar-refractivity contribution < 1.29 is 39.6 Å². The van der Waals surface area contributed by atoms with E-state index in [1.54, 1.807) is 0 Å². The fraction of sp³-hybridized carbons (Fsp3) is 0.800. The molecule has 0 unspecified atom stereocenters. The molecule has 0 aliphatic rings. The van der Waals surface area contributed by atoms with Crippen molar-refractivity contribution in [2.24, 2.45) is 68.8 Å². The number of nitrogens with two attached hydrogens (primary N) is 12. The minimum Gasteiger partial charge on any atom is -0.481 e. The first kappa shape index (κ1) is 66.0. The van der Waals surface area contributed by atoms with Gasteiger partial charge < -0.3 is 89.2 Å². The maximum atomic E-state index is 9.00. The van der Waals surface area contributed by atoms with Gasteiger partial charge in [0.1, 0.15) is 0 Å². The van der Waals surface area contributed by atoms with Gasteiger partial charge in [-0.2, -0.15) is 0 Å². The fourth-order valence-electron chi connectivity index (χ4n) is 0. The van der Waals surface area contributed by atoms with E-state index in [9.17, 15) is 0 Å². The third-order valence-electron chi connectivity index (χ3n) is 1.00. The number of aliphatic carboxylic acids is 4. The number of carboxylic acids is 4. The van der Waals surface area contributed by atoms with Crippen molar-refractivity contribution in [3.05, 3.63) is 0 Å². The molecule has 0 bridgehead atoms.